The van der Waals surface area contributed by atoms with Crippen molar-refractivity contribution in [2.45, 2.75) is 50.8 Å². The van der Waals surface area contributed by atoms with Gasteiger partial charge in [-0.2, -0.15) is 0 Å². The Morgan fingerprint density at radius 1 is 1.19 bits per heavy atom. The molecule has 1 aromatic carbocycles. The SMILES string of the molecule is CC(Br)C1CCN(C(=O)c2ccc(C(C)(C)C)cc2)CC1. The van der Waals surface area contributed by atoms with E-state index in [1.165, 1.54) is 5.56 Å². The summed E-state index contributed by atoms with van der Waals surface area (Å²) in [6.45, 7) is 10.5. The molecule has 2 nitrogen and oxygen atoms in total. The summed E-state index contributed by atoms with van der Waals surface area (Å²) < 4.78 is 0. The third-order valence-electron chi connectivity index (χ3n) is 4.47. The number of piperidine rings is 1. The number of nitrogens with zero attached hydrogens (tertiary/aromatic N) is 1. The minimum absolute atomic E-state index is 0.131. The summed E-state index contributed by atoms with van der Waals surface area (Å²) in [7, 11) is 0. The number of carbonyl (C=O) groups excluding carboxylic acids is 1. The summed E-state index contributed by atoms with van der Waals surface area (Å²) >= 11 is 3.66. The Hall–Kier alpha value is -0.830. The lowest BCUT2D eigenvalue weighted by molar-refractivity contribution is 0.0691. The molecular weight excluding hydrogens is 326 g/mol. The highest BCUT2D eigenvalue weighted by atomic mass is 79.9. The number of alkyl halides is 1. The third-order valence-corrected chi connectivity index (χ3v) is 5.22. The largest absolute Gasteiger partial charge is 0.339 e. The van der Waals surface area contributed by atoms with Crippen LogP contribution in [0.3, 0.4) is 0 Å². The van der Waals surface area contributed by atoms with Gasteiger partial charge in [-0.3, -0.25) is 4.79 Å². The Morgan fingerprint density at radius 2 is 1.71 bits per heavy atom. The van der Waals surface area contributed by atoms with Gasteiger partial charge in [0, 0.05) is 23.5 Å². The van der Waals surface area contributed by atoms with Gasteiger partial charge in [0.15, 0.2) is 0 Å². The molecule has 0 aromatic heterocycles. The van der Waals surface area contributed by atoms with E-state index in [9.17, 15) is 4.79 Å². The fraction of sp³-hybridized carbons (Fsp3) is 0.611. The fourth-order valence-electron chi connectivity index (χ4n) is 2.86. The van der Waals surface area contributed by atoms with Crippen molar-refractivity contribution < 1.29 is 4.79 Å². The molecule has 1 aliphatic rings. The number of hydrogen-bond donors (Lipinski definition) is 0. The van der Waals surface area contributed by atoms with Gasteiger partial charge in [-0.05, 0) is 41.9 Å². The molecule has 1 aliphatic heterocycles. The van der Waals surface area contributed by atoms with Crippen LogP contribution in [-0.4, -0.2) is 28.7 Å². The van der Waals surface area contributed by atoms with E-state index in [-0.39, 0.29) is 11.3 Å². The predicted octanol–water partition coefficient (Wildman–Crippen LogP) is 4.62. The number of amides is 1. The van der Waals surface area contributed by atoms with Crippen molar-refractivity contribution in [1.82, 2.24) is 4.90 Å². The van der Waals surface area contributed by atoms with E-state index in [0.29, 0.717) is 10.7 Å². The maximum Gasteiger partial charge on any atom is 0.253 e. The molecule has 3 heteroatoms. The molecule has 1 fully saturated rings. The van der Waals surface area contributed by atoms with Crippen LogP contribution in [0.15, 0.2) is 24.3 Å². The molecule has 21 heavy (non-hydrogen) atoms. The van der Waals surface area contributed by atoms with E-state index in [2.05, 4.69) is 55.8 Å². The number of hydrogen-bond acceptors (Lipinski definition) is 1. The van der Waals surface area contributed by atoms with E-state index < -0.39 is 0 Å². The first-order valence-corrected chi connectivity index (χ1v) is 8.74. The third kappa shape index (κ3) is 4.09. The first-order chi connectivity index (χ1) is 9.79. The van der Waals surface area contributed by atoms with E-state index in [1.54, 1.807) is 0 Å². The highest BCUT2D eigenvalue weighted by Crippen LogP contribution is 2.26. The monoisotopic (exact) mass is 351 g/mol. The maximum atomic E-state index is 12.6. The Morgan fingerprint density at radius 3 is 2.14 bits per heavy atom. The molecule has 1 saturated heterocycles. The minimum Gasteiger partial charge on any atom is -0.339 e. The molecule has 2 rings (SSSR count). The standard InChI is InChI=1S/C18H26BrNO/c1-13(19)14-9-11-20(12-10-14)17(21)15-5-7-16(8-6-15)18(2,3)4/h5-8,13-14H,9-12H2,1-4H3. The highest BCUT2D eigenvalue weighted by Gasteiger charge is 2.26. The van der Waals surface area contributed by atoms with Crippen LogP contribution in [0.5, 0.6) is 0 Å². The second-order valence-electron chi connectivity index (χ2n) is 7.13. The molecule has 0 N–H and O–H groups in total. The van der Waals surface area contributed by atoms with Crippen LogP contribution >= 0.6 is 15.9 Å². The molecule has 0 bridgehead atoms. The van der Waals surface area contributed by atoms with Gasteiger partial charge >= 0.3 is 0 Å². The molecule has 1 aromatic rings. The molecule has 0 radical (unpaired) electrons. The van der Waals surface area contributed by atoms with Gasteiger partial charge in [-0.1, -0.05) is 55.8 Å². The van der Waals surface area contributed by atoms with Gasteiger partial charge in [0.05, 0.1) is 0 Å². The second-order valence-corrected chi connectivity index (χ2v) is 8.58. The molecule has 1 unspecified atom stereocenters. The Balaban J connectivity index is 2.01. The molecule has 116 valence electrons. The molecule has 1 amide bonds. The van der Waals surface area contributed by atoms with Crippen molar-refractivity contribution >= 4 is 21.8 Å². The van der Waals surface area contributed by atoms with Gasteiger partial charge in [0.2, 0.25) is 0 Å². The van der Waals surface area contributed by atoms with Crippen molar-refractivity contribution in [3.05, 3.63) is 35.4 Å². The zero-order valence-corrected chi connectivity index (χ0v) is 15.1. The van der Waals surface area contributed by atoms with E-state index in [1.807, 2.05) is 17.0 Å². The van der Waals surface area contributed by atoms with Gasteiger partial charge < -0.3 is 4.90 Å². The van der Waals surface area contributed by atoms with Crippen LogP contribution in [0.1, 0.15) is 56.5 Å². The van der Waals surface area contributed by atoms with Crippen molar-refractivity contribution in [3.63, 3.8) is 0 Å². The maximum absolute atomic E-state index is 12.6. The van der Waals surface area contributed by atoms with Crippen molar-refractivity contribution in [1.29, 1.82) is 0 Å². The summed E-state index contributed by atoms with van der Waals surface area (Å²) in [6, 6.07) is 8.12. The van der Waals surface area contributed by atoms with Crippen LogP contribution < -0.4 is 0 Å². The topological polar surface area (TPSA) is 20.3 Å². The van der Waals surface area contributed by atoms with Crippen molar-refractivity contribution in [2.75, 3.05) is 13.1 Å². The quantitative estimate of drug-likeness (QED) is 0.711. The second kappa shape index (κ2) is 6.51. The van der Waals surface area contributed by atoms with E-state index in [0.717, 1.165) is 31.5 Å². The number of halogens is 1. The fourth-order valence-corrected chi connectivity index (χ4v) is 3.39. The number of rotatable bonds is 2. The smallest absolute Gasteiger partial charge is 0.253 e. The van der Waals surface area contributed by atoms with Gasteiger partial charge in [-0.15, -0.1) is 0 Å². The molecule has 0 aliphatic carbocycles. The van der Waals surface area contributed by atoms with Gasteiger partial charge in [0.1, 0.15) is 0 Å². The van der Waals surface area contributed by atoms with Crippen molar-refractivity contribution in [2.24, 2.45) is 5.92 Å². The lowest BCUT2D eigenvalue weighted by Gasteiger charge is -2.33. The molecule has 1 atom stereocenters. The first kappa shape index (κ1) is 16.5. The average molecular weight is 352 g/mol. The lowest BCUT2D eigenvalue weighted by atomic mass is 9.86. The molecule has 1 heterocycles. The normalized spacial score (nSPS) is 18.6. The number of benzene rings is 1. The van der Waals surface area contributed by atoms with Crippen molar-refractivity contribution in [3.8, 4) is 0 Å². The predicted molar refractivity (Wildman–Crippen MR) is 92.2 cm³/mol. The molecule has 0 saturated carbocycles. The van der Waals surface area contributed by atoms with Crippen LogP contribution in [0.25, 0.3) is 0 Å². The summed E-state index contributed by atoms with van der Waals surface area (Å²) in [5.41, 5.74) is 2.21. The van der Waals surface area contributed by atoms with Crippen LogP contribution in [0.2, 0.25) is 0 Å². The summed E-state index contributed by atoms with van der Waals surface area (Å²) in [5.74, 6) is 0.869. The lowest BCUT2D eigenvalue weighted by Crippen LogP contribution is -2.39. The molecular formula is C18H26BrNO. The molecule has 0 spiro atoms. The Kier molecular flexibility index (Phi) is 5.13. The van der Waals surface area contributed by atoms with E-state index >= 15 is 0 Å². The summed E-state index contributed by atoms with van der Waals surface area (Å²) in [5, 5.41) is 0. The minimum atomic E-state index is 0.131. The van der Waals surface area contributed by atoms with Crippen LogP contribution in [-0.2, 0) is 5.41 Å². The highest BCUT2D eigenvalue weighted by molar-refractivity contribution is 9.09. The van der Waals surface area contributed by atoms with Crippen LogP contribution in [0, 0.1) is 5.92 Å². The number of likely N-dealkylation sites (tertiary alicyclic amines) is 1. The Bertz CT molecular complexity index is 479. The zero-order valence-electron chi connectivity index (χ0n) is 13.5. The van der Waals surface area contributed by atoms with Gasteiger partial charge in [0.25, 0.3) is 5.91 Å². The Labute approximate surface area is 137 Å². The first-order valence-electron chi connectivity index (χ1n) is 7.83. The summed E-state index contributed by atoms with van der Waals surface area (Å²) in [6.07, 6.45) is 2.19. The van der Waals surface area contributed by atoms with Gasteiger partial charge in [-0.25, -0.2) is 0 Å². The average Bonchev–Trinajstić information content (AvgIpc) is 2.46. The summed E-state index contributed by atoms with van der Waals surface area (Å²) in [4.78, 5) is 15.1. The van der Waals surface area contributed by atoms with Crippen LogP contribution in [0.4, 0.5) is 0 Å². The zero-order chi connectivity index (χ0) is 15.6. The number of carbonyl (C=O) groups is 1. The van der Waals surface area contributed by atoms with E-state index in [4.69, 9.17) is 0 Å².